The van der Waals surface area contributed by atoms with Crippen LogP contribution in [0.25, 0.3) is 10.8 Å². The molecule has 5 heteroatoms. The molecule has 1 amide bonds. The molecule has 2 N–H and O–H groups in total. The predicted molar refractivity (Wildman–Crippen MR) is 88.4 cm³/mol. The summed E-state index contributed by atoms with van der Waals surface area (Å²) in [6.07, 6.45) is 0.879. The summed E-state index contributed by atoms with van der Waals surface area (Å²) in [6.45, 7) is 1.52. The molecular weight excluding hydrogens is 288 g/mol. The van der Waals surface area contributed by atoms with Crippen LogP contribution in [0.4, 0.5) is 0 Å². The van der Waals surface area contributed by atoms with E-state index in [0.717, 1.165) is 23.7 Å². The molecule has 0 fully saturated rings. The van der Waals surface area contributed by atoms with E-state index in [0.29, 0.717) is 12.1 Å². The van der Waals surface area contributed by atoms with E-state index in [9.17, 15) is 9.90 Å². The van der Waals surface area contributed by atoms with Crippen LogP contribution in [0.15, 0.2) is 36.4 Å². The van der Waals surface area contributed by atoms with Crippen molar-refractivity contribution < 1.29 is 9.90 Å². The minimum atomic E-state index is -0.224. The molecule has 0 bridgehead atoms. The van der Waals surface area contributed by atoms with E-state index in [1.54, 1.807) is 6.07 Å². The number of fused-ring (bicyclic) bond motifs is 1. The van der Waals surface area contributed by atoms with Crippen LogP contribution in [0.1, 0.15) is 16.8 Å². The topological polar surface area (TPSA) is 52.6 Å². The summed E-state index contributed by atoms with van der Waals surface area (Å²) < 4.78 is 0. The molecule has 2 aromatic rings. The number of phenolic OH excluding ortho intramolecular Hbond substituents is 1. The zero-order chi connectivity index (χ0) is 14.5. The van der Waals surface area contributed by atoms with Gasteiger partial charge in [0, 0.05) is 6.54 Å². The number of aromatic hydroxyl groups is 1. The van der Waals surface area contributed by atoms with Crippen molar-refractivity contribution in [1.29, 1.82) is 0 Å². The Labute approximate surface area is 131 Å². The van der Waals surface area contributed by atoms with Crippen LogP contribution in [0, 0.1) is 0 Å². The summed E-state index contributed by atoms with van der Waals surface area (Å²) in [7, 11) is 4.00. The fraction of sp³-hybridized carbons (Fsp3) is 0.312. The maximum absolute atomic E-state index is 12.2. The van der Waals surface area contributed by atoms with Gasteiger partial charge in [0.1, 0.15) is 5.75 Å². The lowest BCUT2D eigenvalue weighted by Crippen LogP contribution is -2.27. The number of halogens is 1. The fourth-order valence-electron chi connectivity index (χ4n) is 2.18. The lowest BCUT2D eigenvalue weighted by molar-refractivity contribution is 0.0951. The summed E-state index contributed by atoms with van der Waals surface area (Å²) in [4.78, 5) is 14.3. The number of hydrogen-bond acceptors (Lipinski definition) is 3. The van der Waals surface area contributed by atoms with Gasteiger partial charge >= 0.3 is 0 Å². The maximum atomic E-state index is 12.2. The van der Waals surface area contributed by atoms with Crippen molar-refractivity contribution in [3.63, 3.8) is 0 Å². The van der Waals surface area contributed by atoms with E-state index in [2.05, 4.69) is 10.2 Å². The molecule has 21 heavy (non-hydrogen) atoms. The van der Waals surface area contributed by atoms with Gasteiger partial charge in [-0.15, -0.1) is 12.4 Å². The van der Waals surface area contributed by atoms with Crippen molar-refractivity contribution in [3.8, 4) is 5.75 Å². The highest BCUT2D eigenvalue weighted by Crippen LogP contribution is 2.26. The highest BCUT2D eigenvalue weighted by molar-refractivity contribution is 6.09. The molecule has 4 nitrogen and oxygen atoms in total. The third-order valence-corrected chi connectivity index (χ3v) is 3.20. The van der Waals surface area contributed by atoms with E-state index in [1.807, 2.05) is 44.4 Å². The van der Waals surface area contributed by atoms with E-state index in [4.69, 9.17) is 0 Å². The third kappa shape index (κ3) is 4.34. The fourth-order valence-corrected chi connectivity index (χ4v) is 2.18. The van der Waals surface area contributed by atoms with Crippen LogP contribution in [0.3, 0.4) is 0 Å². The van der Waals surface area contributed by atoms with Crippen molar-refractivity contribution in [2.45, 2.75) is 6.42 Å². The molecule has 0 aliphatic rings. The Morgan fingerprint density at radius 1 is 1.19 bits per heavy atom. The van der Waals surface area contributed by atoms with Crippen LogP contribution in [0.2, 0.25) is 0 Å². The summed E-state index contributed by atoms with van der Waals surface area (Å²) in [5, 5.41) is 14.5. The normalized spacial score (nSPS) is 10.4. The van der Waals surface area contributed by atoms with Gasteiger partial charge in [0.2, 0.25) is 0 Å². The lowest BCUT2D eigenvalue weighted by atomic mass is 10.0. The van der Waals surface area contributed by atoms with E-state index >= 15 is 0 Å². The molecule has 2 aromatic carbocycles. The standard InChI is InChI=1S/C16H20N2O2.ClH/c1-18(2)11-5-10-17-16(20)15-13-7-4-3-6-12(13)8-9-14(15)19;/h3-4,6-9,19H,5,10-11H2,1-2H3,(H,17,20);1H. The predicted octanol–water partition coefficient (Wildman–Crippen LogP) is 2.65. The van der Waals surface area contributed by atoms with Crippen molar-refractivity contribution in [2.24, 2.45) is 0 Å². The molecule has 0 saturated carbocycles. The zero-order valence-corrected chi connectivity index (χ0v) is 13.1. The highest BCUT2D eigenvalue weighted by Gasteiger charge is 2.14. The SMILES string of the molecule is CN(C)CCCNC(=O)c1c(O)ccc2ccccc12.Cl. The van der Waals surface area contributed by atoms with E-state index in [-0.39, 0.29) is 24.1 Å². The Balaban J connectivity index is 0.00000220. The van der Waals surface area contributed by atoms with Crippen molar-refractivity contribution in [2.75, 3.05) is 27.2 Å². The summed E-state index contributed by atoms with van der Waals surface area (Å²) in [6, 6.07) is 10.9. The Morgan fingerprint density at radius 2 is 1.90 bits per heavy atom. The first-order valence-corrected chi connectivity index (χ1v) is 6.73. The van der Waals surface area contributed by atoms with Gasteiger partial charge in [0.15, 0.2) is 0 Å². The largest absolute Gasteiger partial charge is 0.507 e. The van der Waals surface area contributed by atoms with Gasteiger partial charge in [-0.05, 0) is 43.9 Å². The average Bonchev–Trinajstić information content (AvgIpc) is 2.43. The Morgan fingerprint density at radius 3 is 2.62 bits per heavy atom. The minimum absolute atomic E-state index is 0. The highest BCUT2D eigenvalue weighted by atomic mass is 35.5. The molecule has 0 aromatic heterocycles. The van der Waals surface area contributed by atoms with Crippen molar-refractivity contribution >= 4 is 29.1 Å². The molecule has 2 rings (SSSR count). The number of phenols is 1. The number of rotatable bonds is 5. The molecule has 0 radical (unpaired) electrons. The van der Waals surface area contributed by atoms with Crippen LogP contribution >= 0.6 is 12.4 Å². The van der Waals surface area contributed by atoms with Gasteiger partial charge in [-0.2, -0.15) is 0 Å². The molecule has 0 spiro atoms. The number of carbonyl (C=O) groups is 1. The van der Waals surface area contributed by atoms with Crippen LogP contribution < -0.4 is 5.32 Å². The number of benzene rings is 2. The van der Waals surface area contributed by atoms with Crippen LogP contribution in [0.5, 0.6) is 5.75 Å². The molecule has 0 saturated heterocycles. The number of nitrogens with zero attached hydrogens (tertiary/aromatic N) is 1. The van der Waals surface area contributed by atoms with Crippen molar-refractivity contribution in [3.05, 3.63) is 42.0 Å². The molecule has 0 aliphatic heterocycles. The first kappa shape index (κ1) is 17.3. The van der Waals surface area contributed by atoms with Gasteiger partial charge in [0.05, 0.1) is 5.56 Å². The first-order chi connectivity index (χ1) is 9.59. The summed E-state index contributed by atoms with van der Waals surface area (Å²) >= 11 is 0. The average molecular weight is 309 g/mol. The number of amides is 1. The molecule has 0 atom stereocenters. The molecule has 0 heterocycles. The Hall–Kier alpha value is -1.78. The van der Waals surface area contributed by atoms with Crippen molar-refractivity contribution in [1.82, 2.24) is 10.2 Å². The number of carbonyl (C=O) groups excluding carboxylic acids is 1. The monoisotopic (exact) mass is 308 g/mol. The summed E-state index contributed by atoms with van der Waals surface area (Å²) in [5.74, 6) is -0.202. The van der Waals surface area contributed by atoms with E-state index in [1.165, 1.54) is 0 Å². The second-order valence-corrected chi connectivity index (χ2v) is 5.09. The second-order valence-electron chi connectivity index (χ2n) is 5.09. The van der Waals surface area contributed by atoms with Gasteiger partial charge in [-0.3, -0.25) is 4.79 Å². The molecule has 114 valence electrons. The maximum Gasteiger partial charge on any atom is 0.255 e. The van der Waals surface area contributed by atoms with Gasteiger partial charge in [0.25, 0.3) is 5.91 Å². The smallest absolute Gasteiger partial charge is 0.255 e. The number of nitrogens with one attached hydrogen (secondary N) is 1. The first-order valence-electron chi connectivity index (χ1n) is 6.73. The van der Waals surface area contributed by atoms with Gasteiger partial charge in [-0.25, -0.2) is 0 Å². The Kier molecular flexibility index (Phi) is 6.46. The molecular formula is C16H21ClN2O2. The molecule has 0 aliphatic carbocycles. The van der Waals surface area contributed by atoms with Crippen LogP contribution in [-0.4, -0.2) is 43.1 Å². The lowest BCUT2D eigenvalue weighted by Gasteiger charge is -2.12. The summed E-state index contributed by atoms with van der Waals surface area (Å²) in [5.41, 5.74) is 0.355. The molecule has 0 unspecified atom stereocenters. The zero-order valence-electron chi connectivity index (χ0n) is 12.3. The second kappa shape index (κ2) is 7.86. The third-order valence-electron chi connectivity index (χ3n) is 3.20. The van der Waals surface area contributed by atoms with Gasteiger partial charge in [-0.1, -0.05) is 30.3 Å². The van der Waals surface area contributed by atoms with Gasteiger partial charge < -0.3 is 15.3 Å². The van der Waals surface area contributed by atoms with E-state index < -0.39 is 0 Å². The Bertz CT molecular complexity index is 614. The minimum Gasteiger partial charge on any atom is -0.507 e. The number of hydrogen-bond donors (Lipinski definition) is 2. The quantitative estimate of drug-likeness (QED) is 0.835. The van der Waals surface area contributed by atoms with Crippen LogP contribution in [-0.2, 0) is 0 Å².